The predicted molar refractivity (Wildman–Crippen MR) is 533 cm³/mol. The van der Waals surface area contributed by atoms with Gasteiger partial charge in [-0.3, -0.25) is 0 Å². The highest BCUT2D eigenvalue weighted by Gasteiger charge is 2.30. The van der Waals surface area contributed by atoms with Crippen molar-refractivity contribution < 1.29 is 10.0 Å². The van der Waals surface area contributed by atoms with E-state index in [4.69, 9.17) is 10.0 Å². The summed E-state index contributed by atoms with van der Waals surface area (Å²) >= 11 is 3.82. The molecule has 0 saturated carbocycles. The lowest BCUT2D eigenvalue weighted by molar-refractivity contribution is 0.425. The Morgan fingerprint density at radius 3 is 0.825 bits per heavy atom. The lowest BCUT2D eigenvalue weighted by Gasteiger charge is -2.14. The van der Waals surface area contributed by atoms with Gasteiger partial charge >= 0.3 is 7.12 Å². The van der Waals surface area contributed by atoms with Gasteiger partial charge in [-0.1, -0.05) is 403 Å². The SMILES string of the molecule is Brc1ccc2c3c(-c4ccccc4)c4cccc5c6ccccc6c(c45)c3c3cccc1c23.C.C.C.C.Cc1cccc(C)c1-c1ccc2c3c(-c4ccccc4)c4cccc5c6ccccc6c(c45)c3c3cccc1c23.Cc1cccc(C)c1B(O)O.c1ccc(-c2c3cccc4c5ccccc5c(c34)c3c4cccc5cccc(c23)c54)cc1. The van der Waals surface area contributed by atoms with Crippen LogP contribution in [0.2, 0.25) is 0 Å². The fourth-order valence-corrected chi connectivity index (χ4v) is 21.8. The first-order chi connectivity index (χ1) is 57.1. The number of rotatable bonds is 5. The molecule has 0 aliphatic carbocycles. The molecule has 0 unspecified atom stereocenters. The van der Waals surface area contributed by atoms with Crippen molar-refractivity contribution in [2.45, 2.75) is 57.4 Å². The van der Waals surface area contributed by atoms with Crippen molar-refractivity contribution >= 4 is 222 Å². The largest absolute Gasteiger partial charge is 0.488 e. The van der Waals surface area contributed by atoms with Gasteiger partial charge in [-0.05, 0) is 289 Å². The van der Waals surface area contributed by atoms with E-state index in [1.54, 1.807) is 0 Å². The van der Waals surface area contributed by atoms with Gasteiger partial charge in [0.2, 0.25) is 0 Å². The summed E-state index contributed by atoms with van der Waals surface area (Å²) in [5.74, 6) is 0. The van der Waals surface area contributed by atoms with E-state index in [1.807, 2.05) is 32.0 Å². The number of benzene rings is 20. The predicted octanol–water partition coefficient (Wildman–Crippen LogP) is 33.0. The molecular weight excluding hydrogens is 1520 g/mol. The zero-order valence-corrected chi connectivity index (χ0v) is 65.9. The minimum atomic E-state index is -1.35. The van der Waals surface area contributed by atoms with E-state index in [9.17, 15) is 0 Å². The zero-order chi connectivity index (χ0) is 77.5. The van der Waals surface area contributed by atoms with Crippen LogP contribution < -0.4 is 5.46 Å². The van der Waals surface area contributed by atoms with Crippen LogP contribution in [0.25, 0.3) is 238 Å². The van der Waals surface area contributed by atoms with Gasteiger partial charge in [0.05, 0.1) is 0 Å². The van der Waals surface area contributed by atoms with E-state index >= 15 is 0 Å². The summed E-state index contributed by atoms with van der Waals surface area (Å²) in [5, 5.41) is 66.9. The van der Waals surface area contributed by atoms with E-state index in [0.29, 0.717) is 5.46 Å². The third kappa shape index (κ3) is 10.9. The number of fused-ring (bicyclic) bond motifs is 21. The van der Waals surface area contributed by atoms with Crippen LogP contribution in [0.5, 0.6) is 0 Å². The van der Waals surface area contributed by atoms with Crippen molar-refractivity contribution in [2.24, 2.45) is 0 Å². The van der Waals surface area contributed by atoms with Crippen LogP contribution in [-0.4, -0.2) is 17.2 Å². The molecule has 0 aliphatic rings. The smallest absolute Gasteiger partial charge is 0.423 e. The maximum atomic E-state index is 8.94. The van der Waals surface area contributed by atoms with Crippen molar-refractivity contribution in [2.75, 3.05) is 0 Å². The molecule has 0 heterocycles. The van der Waals surface area contributed by atoms with E-state index in [1.165, 1.54) is 250 Å². The van der Waals surface area contributed by atoms with Crippen LogP contribution in [0.4, 0.5) is 0 Å². The highest BCUT2D eigenvalue weighted by atomic mass is 79.9. The molecule has 0 amide bonds. The third-order valence-electron chi connectivity index (χ3n) is 25.7. The Balaban J connectivity index is 0.000000111. The van der Waals surface area contributed by atoms with Gasteiger partial charge in [0.25, 0.3) is 0 Å². The average molecular weight is 1600 g/mol. The number of hydrogen-bond acceptors (Lipinski definition) is 2. The molecule has 0 radical (unpaired) electrons. The van der Waals surface area contributed by atoms with E-state index in [-0.39, 0.29) is 29.7 Å². The number of aryl methyl sites for hydroxylation is 4. The molecule has 26 rings (SSSR count). The second-order valence-electron chi connectivity index (χ2n) is 31.8. The molecule has 0 aliphatic heterocycles. The Bertz CT molecular complexity index is 8420. The summed E-state index contributed by atoms with van der Waals surface area (Å²) in [7, 11) is -1.35. The van der Waals surface area contributed by atoms with Crippen molar-refractivity contribution in [3.05, 3.63) is 379 Å². The number of hydrogen-bond donors (Lipinski definition) is 2. The molecule has 574 valence electrons. The molecule has 26 aromatic rings. The van der Waals surface area contributed by atoms with Crippen molar-refractivity contribution in [3.8, 4) is 44.5 Å². The normalized spacial score (nSPS) is 11.7. The Kier molecular flexibility index (Phi) is 18.8. The van der Waals surface area contributed by atoms with Gasteiger partial charge in [0.15, 0.2) is 0 Å². The molecule has 0 fully saturated rings. The van der Waals surface area contributed by atoms with E-state index in [0.717, 1.165) is 15.6 Å². The minimum absolute atomic E-state index is 0. The molecule has 120 heavy (non-hydrogen) atoms. The molecule has 0 atom stereocenters. The van der Waals surface area contributed by atoms with Crippen LogP contribution in [0, 0.1) is 27.7 Å². The Labute approximate surface area is 707 Å². The fraction of sp³-hybridized carbons (Fsp3) is 0.0690. The van der Waals surface area contributed by atoms with E-state index < -0.39 is 7.12 Å². The summed E-state index contributed by atoms with van der Waals surface area (Å²) < 4.78 is 1.15. The van der Waals surface area contributed by atoms with Gasteiger partial charge in [-0.15, -0.1) is 0 Å². The highest BCUT2D eigenvalue weighted by Crippen LogP contribution is 2.58. The lowest BCUT2D eigenvalue weighted by atomic mass is 9.74. The monoisotopic (exact) mass is 1600 g/mol. The van der Waals surface area contributed by atoms with E-state index in [2.05, 4.69) is 363 Å². The quantitative estimate of drug-likeness (QED) is 0.169. The first-order valence-electron chi connectivity index (χ1n) is 40.2. The minimum Gasteiger partial charge on any atom is -0.423 e. The molecule has 26 aromatic carbocycles. The highest BCUT2D eigenvalue weighted by molar-refractivity contribution is 9.10. The molecule has 0 bridgehead atoms. The average Bonchev–Trinajstić information content (AvgIpc) is 1.53. The van der Waals surface area contributed by atoms with Crippen molar-refractivity contribution in [3.63, 3.8) is 0 Å². The Hall–Kier alpha value is -13.6. The molecular formula is C116H88BBrO2. The molecule has 2 N–H and O–H groups in total. The van der Waals surface area contributed by atoms with Crippen molar-refractivity contribution in [1.82, 2.24) is 0 Å². The lowest BCUT2D eigenvalue weighted by Crippen LogP contribution is -2.34. The van der Waals surface area contributed by atoms with Gasteiger partial charge in [0.1, 0.15) is 0 Å². The summed E-state index contributed by atoms with van der Waals surface area (Å²) in [6.45, 7) is 8.20. The summed E-state index contributed by atoms with van der Waals surface area (Å²) in [6.07, 6.45) is 0. The number of halogens is 1. The summed E-state index contributed by atoms with van der Waals surface area (Å²) in [6, 6.07) is 129. The Morgan fingerprint density at radius 2 is 0.442 bits per heavy atom. The second kappa shape index (κ2) is 29.5. The fourth-order valence-electron chi connectivity index (χ4n) is 21.3. The summed E-state index contributed by atoms with van der Waals surface area (Å²) in [4.78, 5) is 0. The zero-order valence-electron chi connectivity index (χ0n) is 64.3. The van der Waals surface area contributed by atoms with Gasteiger partial charge in [0, 0.05) is 4.47 Å². The first kappa shape index (κ1) is 76.4. The van der Waals surface area contributed by atoms with Gasteiger partial charge in [-0.25, -0.2) is 0 Å². The molecule has 0 spiro atoms. The van der Waals surface area contributed by atoms with Gasteiger partial charge in [-0.2, -0.15) is 0 Å². The van der Waals surface area contributed by atoms with Crippen LogP contribution >= 0.6 is 15.9 Å². The van der Waals surface area contributed by atoms with Crippen LogP contribution in [0.3, 0.4) is 0 Å². The molecule has 0 saturated heterocycles. The maximum Gasteiger partial charge on any atom is 0.488 e. The molecule has 2 nitrogen and oxygen atoms in total. The topological polar surface area (TPSA) is 40.5 Å². The summed E-state index contributed by atoms with van der Waals surface area (Å²) in [5.41, 5.74) is 15.7. The Morgan fingerprint density at radius 1 is 0.183 bits per heavy atom. The van der Waals surface area contributed by atoms with Gasteiger partial charge < -0.3 is 10.0 Å². The maximum absolute atomic E-state index is 8.94. The first-order valence-corrected chi connectivity index (χ1v) is 41.0. The van der Waals surface area contributed by atoms with Crippen LogP contribution in [-0.2, 0) is 0 Å². The standard InChI is InChI=1S/C40H26.C32H17Br.C32H18.C8H11BO2.4CH4/c1-23-11-8-12-24(2)34(23)30-21-22-33-36-29(30)18-10-20-32(36)40-38-28-16-7-6-15-26(28)27-17-9-19-31(37(27)38)35(39(33)40)25-13-4-3-5-14-25;33-26-17-16-25-28-22(26)13-7-15-24(28)32-30-21-11-5-4-10-19(21)20-12-6-14-23(29(20)30)27(31(25)32)18-8-2-1-3-9-18;1-2-9-20(10-3-1)28-26-18-8-15-22-21-13-4-5-14-23(21)30(29(22)26)32-25-17-7-12-19-11-6-16-24(27(19)25)31(28)32;1-6-4-3-5-7(2)8(6)9(10)11;;;;/h3-22H,1-2H3;1-17H;1-18H;3-5,10-11H,1-2H3;4*1H4. The van der Waals surface area contributed by atoms with Crippen LogP contribution in [0.1, 0.15) is 52.0 Å². The van der Waals surface area contributed by atoms with Crippen molar-refractivity contribution in [1.29, 1.82) is 0 Å². The molecule has 4 heteroatoms. The van der Waals surface area contributed by atoms with Crippen LogP contribution in [0.15, 0.2) is 356 Å². The second-order valence-corrected chi connectivity index (χ2v) is 32.6. The molecule has 0 aromatic heterocycles. The third-order valence-corrected chi connectivity index (χ3v) is 26.4.